The van der Waals surface area contributed by atoms with E-state index in [-0.39, 0.29) is 0 Å². The molecule has 0 atom stereocenters. The Kier molecular flexibility index (Phi) is 10.2. The molecule has 0 amide bonds. The molecule has 0 aliphatic heterocycles. The predicted octanol–water partition coefficient (Wildman–Crippen LogP) is 5.76. The first kappa shape index (κ1) is 17.2. The number of ether oxygens (including phenoxy) is 1. The Hall–Kier alpha value is -0.890. The van der Waals surface area contributed by atoms with Gasteiger partial charge < -0.3 is 4.74 Å². The van der Waals surface area contributed by atoms with Crippen LogP contribution in [0.1, 0.15) is 57.4 Å². The van der Waals surface area contributed by atoms with Crippen molar-refractivity contribution in [1.29, 1.82) is 0 Å². The lowest BCUT2D eigenvalue weighted by molar-refractivity contribution is 0.303. The summed E-state index contributed by atoms with van der Waals surface area (Å²) in [6.45, 7) is 2.86. The van der Waals surface area contributed by atoms with E-state index in [0.29, 0.717) is 0 Å². The molecule has 0 aromatic heterocycles. The van der Waals surface area contributed by atoms with Crippen molar-refractivity contribution in [2.75, 3.05) is 12.4 Å². The Labute approximate surface area is 129 Å². The Balaban J connectivity index is 2.09. The van der Waals surface area contributed by atoms with E-state index in [9.17, 15) is 0 Å². The molecule has 0 heterocycles. The molecule has 0 saturated heterocycles. The monoisotopic (exact) mass is 292 g/mol. The van der Waals surface area contributed by atoms with Gasteiger partial charge in [-0.25, -0.2) is 0 Å². The molecular formula is C18H28OS. The van der Waals surface area contributed by atoms with Crippen LogP contribution in [-0.2, 0) is 0 Å². The number of benzene rings is 1. The molecule has 0 fully saturated rings. The van der Waals surface area contributed by atoms with Crippen molar-refractivity contribution in [2.24, 2.45) is 0 Å². The van der Waals surface area contributed by atoms with Gasteiger partial charge in [-0.05, 0) is 31.6 Å². The van der Waals surface area contributed by atoms with Crippen molar-refractivity contribution in [2.45, 2.75) is 51.9 Å². The molecular weight excluding hydrogens is 264 g/mol. The van der Waals surface area contributed by atoms with Crippen molar-refractivity contribution in [3.8, 4) is 5.75 Å². The van der Waals surface area contributed by atoms with Crippen molar-refractivity contribution >= 4 is 18.7 Å². The normalized spacial score (nSPS) is 11.1. The molecule has 0 N–H and O–H groups in total. The van der Waals surface area contributed by atoms with Crippen molar-refractivity contribution in [1.82, 2.24) is 0 Å². The number of hydrogen-bond donors (Lipinski definition) is 1. The second-order valence-corrected chi connectivity index (χ2v) is 5.53. The quantitative estimate of drug-likeness (QED) is 0.403. The van der Waals surface area contributed by atoms with E-state index in [0.717, 1.165) is 24.5 Å². The molecule has 0 aliphatic carbocycles. The van der Waals surface area contributed by atoms with Crippen LogP contribution in [0.25, 0.3) is 6.08 Å². The standard InChI is InChI=1S/C18H28OS/c1-2-12-17-13-8-9-14-18(17)19-15-10-6-4-3-5-7-11-16-20/h2,8-9,12-14,20H,3-7,10-11,15-16H2,1H3/b12-2+. The lowest BCUT2D eigenvalue weighted by Gasteiger charge is -2.09. The molecule has 0 spiro atoms. The fraction of sp³-hybridized carbons (Fsp3) is 0.556. The van der Waals surface area contributed by atoms with Gasteiger partial charge in [-0.1, -0.05) is 62.5 Å². The van der Waals surface area contributed by atoms with Crippen LogP contribution in [0.2, 0.25) is 0 Å². The molecule has 0 radical (unpaired) electrons. The Morgan fingerprint density at radius 3 is 2.30 bits per heavy atom. The number of hydrogen-bond acceptors (Lipinski definition) is 2. The van der Waals surface area contributed by atoms with E-state index in [1.807, 2.05) is 31.2 Å². The van der Waals surface area contributed by atoms with E-state index in [2.05, 4.69) is 24.8 Å². The van der Waals surface area contributed by atoms with Crippen LogP contribution in [0.15, 0.2) is 30.3 Å². The topological polar surface area (TPSA) is 9.23 Å². The third-order valence-electron chi connectivity index (χ3n) is 3.33. The highest BCUT2D eigenvalue weighted by molar-refractivity contribution is 7.80. The third kappa shape index (κ3) is 7.64. The molecule has 1 nitrogen and oxygen atoms in total. The minimum absolute atomic E-state index is 0.825. The average molecular weight is 292 g/mol. The van der Waals surface area contributed by atoms with E-state index >= 15 is 0 Å². The molecule has 0 bridgehead atoms. The lowest BCUT2D eigenvalue weighted by Crippen LogP contribution is -1.98. The Bertz CT molecular complexity index is 373. The van der Waals surface area contributed by atoms with Crippen LogP contribution < -0.4 is 4.74 Å². The largest absolute Gasteiger partial charge is 0.493 e. The fourth-order valence-corrected chi connectivity index (χ4v) is 2.43. The summed E-state index contributed by atoms with van der Waals surface area (Å²) in [7, 11) is 0. The summed E-state index contributed by atoms with van der Waals surface area (Å²) in [5.74, 6) is 2.03. The smallest absolute Gasteiger partial charge is 0.126 e. The third-order valence-corrected chi connectivity index (χ3v) is 3.64. The molecule has 1 aromatic rings. The molecule has 0 saturated carbocycles. The lowest BCUT2D eigenvalue weighted by atomic mass is 10.1. The van der Waals surface area contributed by atoms with Crippen LogP contribution in [0.3, 0.4) is 0 Å². The van der Waals surface area contributed by atoms with Gasteiger partial charge in [0, 0.05) is 5.56 Å². The van der Waals surface area contributed by atoms with E-state index in [1.54, 1.807) is 0 Å². The summed E-state index contributed by atoms with van der Waals surface area (Å²) in [5.41, 5.74) is 1.17. The molecule has 1 aromatic carbocycles. The molecule has 20 heavy (non-hydrogen) atoms. The van der Waals surface area contributed by atoms with Gasteiger partial charge >= 0.3 is 0 Å². The van der Waals surface area contributed by atoms with Crippen LogP contribution >= 0.6 is 12.6 Å². The zero-order chi connectivity index (χ0) is 14.5. The van der Waals surface area contributed by atoms with Crippen LogP contribution in [0.5, 0.6) is 5.75 Å². The summed E-state index contributed by atoms with van der Waals surface area (Å²) >= 11 is 4.23. The van der Waals surface area contributed by atoms with Gasteiger partial charge in [-0.15, -0.1) is 0 Å². The first-order valence-electron chi connectivity index (χ1n) is 7.84. The highest BCUT2D eigenvalue weighted by atomic mass is 32.1. The van der Waals surface area contributed by atoms with Crippen LogP contribution in [-0.4, -0.2) is 12.4 Å². The number of allylic oxidation sites excluding steroid dienone is 1. The van der Waals surface area contributed by atoms with E-state index in [1.165, 1.54) is 44.1 Å². The SMILES string of the molecule is C/C=C/c1ccccc1OCCCCCCCCCS. The highest BCUT2D eigenvalue weighted by Gasteiger charge is 1.99. The van der Waals surface area contributed by atoms with Crippen molar-refractivity contribution in [3.63, 3.8) is 0 Å². The maximum atomic E-state index is 5.87. The van der Waals surface area contributed by atoms with Gasteiger partial charge in [0.25, 0.3) is 0 Å². The van der Waals surface area contributed by atoms with E-state index in [4.69, 9.17) is 4.74 Å². The number of para-hydroxylation sites is 1. The first-order chi connectivity index (χ1) is 9.88. The maximum Gasteiger partial charge on any atom is 0.126 e. The van der Waals surface area contributed by atoms with Gasteiger partial charge in [-0.2, -0.15) is 12.6 Å². The molecule has 0 unspecified atom stereocenters. The van der Waals surface area contributed by atoms with Crippen molar-refractivity contribution in [3.05, 3.63) is 35.9 Å². The minimum Gasteiger partial charge on any atom is -0.493 e. The van der Waals surface area contributed by atoms with Crippen molar-refractivity contribution < 1.29 is 4.74 Å². The summed E-state index contributed by atoms with van der Waals surface area (Å²) in [5, 5.41) is 0. The Morgan fingerprint density at radius 2 is 1.60 bits per heavy atom. The zero-order valence-corrected chi connectivity index (χ0v) is 13.6. The minimum atomic E-state index is 0.825. The van der Waals surface area contributed by atoms with E-state index < -0.39 is 0 Å². The van der Waals surface area contributed by atoms with Crippen LogP contribution in [0.4, 0.5) is 0 Å². The van der Waals surface area contributed by atoms with Gasteiger partial charge in [0.1, 0.15) is 5.75 Å². The van der Waals surface area contributed by atoms with Crippen LogP contribution in [0, 0.1) is 0 Å². The zero-order valence-electron chi connectivity index (χ0n) is 12.7. The number of rotatable bonds is 11. The molecule has 2 heteroatoms. The average Bonchev–Trinajstić information content (AvgIpc) is 2.47. The summed E-state index contributed by atoms with van der Waals surface area (Å²) in [6, 6.07) is 8.22. The summed E-state index contributed by atoms with van der Waals surface area (Å²) < 4.78 is 5.87. The van der Waals surface area contributed by atoms with Gasteiger partial charge in [-0.3, -0.25) is 0 Å². The highest BCUT2D eigenvalue weighted by Crippen LogP contribution is 2.19. The fourth-order valence-electron chi connectivity index (χ4n) is 2.21. The van der Waals surface area contributed by atoms with Gasteiger partial charge in [0.2, 0.25) is 0 Å². The number of thiol groups is 1. The number of unbranched alkanes of at least 4 members (excludes halogenated alkanes) is 6. The molecule has 0 aliphatic rings. The molecule has 1 rings (SSSR count). The van der Waals surface area contributed by atoms with Gasteiger partial charge in [0.05, 0.1) is 6.61 Å². The summed E-state index contributed by atoms with van der Waals surface area (Å²) in [4.78, 5) is 0. The van der Waals surface area contributed by atoms with Gasteiger partial charge in [0.15, 0.2) is 0 Å². The summed E-state index contributed by atoms with van der Waals surface area (Å²) in [6.07, 6.45) is 13.2. The first-order valence-corrected chi connectivity index (χ1v) is 8.47. The molecule has 112 valence electrons. The second-order valence-electron chi connectivity index (χ2n) is 5.08. The maximum absolute atomic E-state index is 5.87. The Morgan fingerprint density at radius 1 is 0.950 bits per heavy atom. The predicted molar refractivity (Wildman–Crippen MR) is 92.8 cm³/mol. The second kappa shape index (κ2) is 11.9.